The van der Waals surface area contributed by atoms with E-state index in [1.807, 2.05) is 6.07 Å². The molecule has 3 rings (SSSR count). The summed E-state index contributed by atoms with van der Waals surface area (Å²) in [4.78, 5) is 16.6. The third kappa shape index (κ3) is 3.95. The summed E-state index contributed by atoms with van der Waals surface area (Å²) in [6.45, 7) is 0. The molecule has 3 aromatic rings. The van der Waals surface area contributed by atoms with E-state index in [4.69, 9.17) is 7.85 Å². The van der Waals surface area contributed by atoms with Gasteiger partial charge in [0.15, 0.2) is 11.6 Å². The van der Waals surface area contributed by atoms with Gasteiger partial charge in [-0.3, -0.25) is 4.79 Å². The van der Waals surface area contributed by atoms with E-state index < -0.39 is 17.5 Å². The highest BCUT2D eigenvalue weighted by Gasteiger charge is 2.14. The van der Waals surface area contributed by atoms with Crippen LogP contribution in [-0.2, 0) is 0 Å². The van der Waals surface area contributed by atoms with Crippen molar-refractivity contribution in [2.24, 2.45) is 0 Å². The number of nitrogens with one attached hydrogen (secondary N) is 2. The third-order valence-electron chi connectivity index (χ3n) is 3.40. The van der Waals surface area contributed by atoms with Crippen molar-refractivity contribution < 1.29 is 14.3 Å². The molecule has 0 aliphatic heterocycles. The van der Waals surface area contributed by atoms with E-state index >= 15 is 0 Å². The van der Waals surface area contributed by atoms with Crippen LogP contribution in [0, 0.1) is 5.82 Å². The Morgan fingerprint density at radius 3 is 2.56 bits per heavy atom. The van der Waals surface area contributed by atoms with E-state index in [9.17, 15) is 14.3 Å². The van der Waals surface area contributed by atoms with Crippen LogP contribution in [0.4, 0.5) is 21.6 Å². The molecule has 122 valence electrons. The zero-order valence-electron chi connectivity index (χ0n) is 13.0. The fraction of sp³-hybridized carbons (Fsp3) is 0. The molecular formula is C18H13BFN3O2. The fourth-order valence-corrected chi connectivity index (χ4v) is 2.19. The molecule has 0 saturated heterocycles. The number of carbonyl (C=O) groups is 1. The molecule has 7 heteroatoms. The number of para-hydroxylation sites is 1. The summed E-state index contributed by atoms with van der Waals surface area (Å²) < 4.78 is 13.5. The maximum absolute atomic E-state index is 13.5. The second kappa shape index (κ2) is 7.04. The van der Waals surface area contributed by atoms with Crippen molar-refractivity contribution in [1.29, 1.82) is 0 Å². The van der Waals surface area contributed by atoms with Gasteiger partial charge in [-0.25, -0.2) is 9.37 Å². The first kappa shape index (κ1) is 16.5. The van der Waals surface area contributed by atoms with Crippen LogP contribution in [0.2, 0.25) is 0 Å². The number of pyridine rings is 1. The van der Waals surface area contributed by atoms with Crippen molar-refractivity contribution in [3.8, 4) is 5.75 Å². The summed E-state index contributed by atoms with van der Waals surface area (Å²) in [5, 5.41) is 14.9. The summed E-state index contributed by atoms with van der Waals surface area (Å²) in [5.74, 6) is -1.44. The number of amides is 1. The Morgan fingerprint density at radius 2 is 1.84 bits per heavy atom. The topological polar surface area (TPSA) is 74.2 Å². The van der Waals surface area contributed by atoms with Crippen LogP contribution in [0.5, 0.6) is 5.75 Å². The number of anilines is 3. The largest absolute Gasteiger partial charge is 0.505 e. The van der Waals surface area contributed by atoms with Crippen LogP contribution in [0.25, 0.3) is 0 Å². The first-order valence-corrected chi connectivity index (χ1v) is 7.40. The van der Waals surface area contributed by atoms with E-state index in [1.54, 1.807) is 24.3 Å². The number of hydrogen-bond donors (Lipinski definition) is 3. The van der Waals surface area contributed by atoms with Crippen molar-refractivity contribution in [3.63, 3.8) is 0 Å². The van der Waals surface area contributed by atoms with Crippen LogP contribution >= 0.6 is 0 Å². The summed E-state index contributed by atoms with van der Waals surface area (Å²) in [6, 6.07) is 14.2. The summed E-state index contributed by atoms with van der Waals surface area (Å²) >= 11 is 0. The molecule has 1 heterocycles. The highest BCUT2D eigenvalue weighted by Crippen LogP contribution is 2.23. The lowest BCUT2D eigenvalue weighted by Gasteiger charge is -2.12. The summed E-state index contributed by atoms with van der Waals surface area (Å²) in [5.41, 5.74) is 1.48. The lowest BCUT2D eigenvalue weighted by molar-refractivity contribution is 0.102. The van der Waals surface area contributed by atoms with Crippen LogP contribution < -0.4 is 16.1 Å². The zero-order chi connectivity index (χ0) is 17.8. The van der Waals surface area contributed by atoms with Gasteiger partial charge in [0.1, 0.15) is 13.7 Å². The van der Waals surface area contributed by atoms with Gasteiger partial charge in [-0.1, -0.05) is 29.7 Å². The number of benzene rings is 2. The van der Waals surface area contributed by atoms with Crippen molar-refractivity contribution in [3.05, 3.63) is 72.2 Å². The lowest BCUT2D eigenvalue weighted by atomic mass is 9.96. The van der Waals surface area contributed by atoms with E-state index in [0.29, 0.717) is 16.8 Å². The van der Waals surface area contributed by atoms with E-state index in [-0.39, 0.29) is 11.4 Å². The van der Waals surface area contributed by atoms with Gasteiger partial charge < -0.3 is 15.7 Å². The van der Waals surface area contributed by atoms with E-state index in [0.717, 1.165) is 6.07 Å². The molecule has 0 aliphatic carbocycles. The number of carbonyl (C=O) groups excluding carboxylic acids is 1. The number of phenols is 1. The molecule has 5 nitrogen and oxygen atoms in total. The Balaban J connectivity index is 1.89. The minimum atomic E-state index is -0.782. The molecule has 0 fully saturated rings. The molecule has 0 atom stereocenters. The lowest BCUT2D eigenvalue weighted by Crippen LogP contribution is -2.18. The second-order valence-corrected chi connectivity index (χ2v) is 5.28. The van der Waals surface area contributed by atoms with Gasteiger partial charge in [-0.15, -0.1) is 0 Å². The van der Waals surface area contributed by atoms with Crippen LogP contribution in [0.3, 0.4) is 0 Å². The molecule has 0 bridgehead atoms. The number of halogens is 1. The van der Waals surface area contributed by atoms with Crippen molar-refractivity contribution in [1.82, 2.24) is 4.98 Å². The molecular weight excluding hydrogens is 320 g/mol. The third-order valence-corrected chi connectivity index (χ3v) is 3.40. The summed E-state index contributed by atoms with van der Waals surface area (Å²) in [7, 11) is 5.73. The maximum Gasteiger partial charge on any atom is 0.259 e. The minimum Gasteiger partial charge on any atom is -0.505 e. The van der Waals surface area contributed by atoms with Crippen LogP contribution in [0.1, 0.15) is 10.4 Å². The van der Waals surface area contributed by atoms with Gasteiger partial charge in [0, 0.05) is 23.6 Å². The highest BCUT2D eigenvalue weighted by atomic mass is 19.1. The number of phenolic OH excluding ortho intramolecular Hbond substituents is 1. The molecule has 1 amide bonds. The average molecular weight is 333 g/mol. The molecule has 3 N–H and O–H groups in total. The average Bonchev–Trinajstić information content (AvgIpc) is 2.60. The molecule has 0 spiro atoms. The Hall–Kier alpha value is -3.35. The predicted molar refractivity (Wildman–Crippen MR) is 95.4 cm³/mol. The van der Waals surface area contributed by atoms with Gasteiger partial charge >= 0.3 is 0 Å². The predicted octanol–water partition coefficient (Wildman–Crippen LogP) is 2.72. The molecule has 1 aromatic heterocycles. The Bertz CT molecular complexity index is 919. The second-order valence-electron chi connectivity index (χ2n) is 5.28. The van der Waals surface area contributed by atoms with E-state index in [1.165, 1.54) is 24.4 Å². The Labute approximate surface area is 145 Å². The number of nitrogens with zero attached hydrogens (tertiary/aromatic N) is 1. The van der Waals surface area contributed by atoms with Gasteiger partial charge in [0.2, 0.25) is 0 Å². The highest BCUT2D eigenvalue weighted by molar-refractivity contribution is 6.32. The van der Waals surface area contributed by atoms with Gasteiger partial charge in [-0.2, -0.15) is 0 Å². The van der Waals surface area contributed by atoms with E-state index in [2.05, 4.69) is 15.6 Å². The Morgan fingerprint density at radius 1 is 1.08 bits per heavy atom. The molecule has 25 heavy (non-hydrogen) atoms. The van der Waals surface area contributed by atoms with Crippen LogP contribution in [0.15, 0.2) is 60.8 Å². The van der Waals surface area contributed by atoms with Crippen molar-refractivity contribution in [2.75, 3.05) is 10.6 Å². The molecule has 2 radical (unpaired) electrons. The number of rotatable bonds is 4. The van der Waals surface area contributed by atoms with Gasteiger partial charge in [0.25, 0.3) is 5.91 Å². The normalized spacial score (nSPS) is 10.3. The molecule has 0 saturated carbocycles. The number of hydrogen-bond acceptors (Lipinski definition) is 4. The minimum absolute atomic E-state index is 0.206. The summed E-state index contributed by atoms with van der Waals surface area (Å²) in [6.07, 6.45) is 1.39. The fourth-order valence-electron chi connectivity index (χ4n) is 2.19. The standard InChI is InChI=1S/C18H13BFN3O2/c19-11-8-14(18(25)23-12-4-2-1-3-5-12)17(21-10-11)22-13-6-7-16(24)15(20)9-13/h1-10,24H,(H,21,22)(H,23,25). The van der Waals surface area contributed by atoms with Gasteiger partial charge in [0.05, 0.1) is 5.56 Å². The molecule has 2 aromatic carbocycles. The Kier molecular flexibility index (Phi) is 4.65. The van der Waals surface area contributed by atoms with Crippen molar-refractivity contribution in [2.45, 2.75) is 0 Å². The van der Waals surface area contributed by atoms with Gasteiger partial charge in [-0.05, 0) is 24.3 Å². The van der Waals surface area contributed by atoms with Crippen LogP contribution in [-0.4, -0.2) is 23.8 Å². The first-order valence-electron chi connectivity index (χ1n) is 7.40. The quantitative estimate of drug-likeness (QED) is 0.507. The molecule has 0 aliphatic rings. The monoisotopic (exact) mass is 333 g/mol. The smallest absolute Gasteiger partial charge is 0.259 e. The first-order chi connectivity index (χ1) is 12.0. The number of aromatic nitrogens is 1. The number of aromatic hydroxyl groups is 1. The SMILES string of the molecule is [B]c1cnc(Nc2ccc(O)c(F)c2)c(C(=O)Nc2ccccc2)c1. The van der Waals surface area contributed by atoms with Crippen molar-refractivity contribution >= 4 is 36.4 Å². The zero-order valence-corrected chi connectivity index (χ0v) is 13.0. The molecule has 0 unspecified atom stereocenters. The maximum atomic E-state index is 13.5.